The zero-order valence-electron chi connectivity index (χ0n) is 15.6. The molecule has 4 heteroatoms. The van der Waals surface area contributed by atoms with Crippen molar-refractivity contribution in [3.05, 3.63) is 12.2 Å². The first-order chi connectivity index (χ1) is 11.6. The molecule has 0 aromatic rings. The summed E-state index contributed by atoms with van der Waals surface area (Å²) in [6.07, 6.45) is 18.6. The van der Waals surface area contributed by atoms with Crippen molar-refractivity contribution in [1.82, 2.24) is 0 Å². The number of rotatable bonds is 17. The summed E-state index contributed by atoms with van der Waals surface area (Å²) in [6.45, 7) is 2.25. The molecule has 0 heterocycles. The van der Waals surface area contributed by atoms with E-state index >= 15 is 0 Å². The van der Waals surface area contributed by atoms with Gasteiger partial charge in [0.1, 0.15) is 0 Å². The lowest BCUT2D eigenvalue weighted by atomic mass is 9.96. The Balaban J connectivity index is 3.40. The van der Waals surface area contributed by atoms with E-state index in [-0.39, 0.29) is 6.42 Å². The number of unbranched alkanes of at least 4 members (excludes halogenated alkanes) is 10. The molecule has 0 spiro atoms. The van der Waals surface area contributed by atoms with Gasteiger partial charge in [-0.05, 0) is 32.1 Å². The topological polar surface area (TPSA) is 83.6 Å². The van der Waals surface area contributed by atoms with E-state index < -0.39 is 18.1 Å². The first-order valence-electron chi connectivity index (χ1n) is 9.88. The average molecular weight is 342 g/mol. The Kier molecular flexibility index (Phi) is 16.4. The Labute approximate surface area is 148 Å². The highest BCUT2D eigenvalue weighted by molar-refractivity contribution is 5.76. The Bertz CT molecular complexity index is 316. The Morgan fingerprint density at radius 2 is 1.38 bits per heavy atom. The second kappa shape index (κ2) is 17.0. The van der Waals surface area contributed by atoms with Crippen molar-refractivity contribution in [1.29, 1.82) is 0 Å². The Hall–Kier alpha value is -0.870. The van der Waals surface area contributed by atoms with Gasteiger partial charge < -0.3 is 15.9 Å². The van der Waals surface area contributed by atoms with Crippen LogP contribution in [0.25, 0.3) is 0 Å². The van der Waals surface area contributed by atoms with Crippen LogP contribution in [0, 0.1) is 5.92 Å². The van der Waals surface area contributed by atoms with Crippen LogP contribution < -0.4 is 5.73 Å². The van der Waals surface area contributed by atoms with Crippen LogP contribution in [0.15, 0.2) is 12.2 Å². The van der Waals surface area contributed by atoms with Crippen molar-refractivity contribution in [3.63, 3.8) is 0 Å². The van der Waals surface area contributed by atoms with Crippen LogP contribution in [0.4, 0.5) is 0 Å². The number of nitrogens with two attached hydrogens (primary N) is 1. The molecule has 4 nitrogen and oxygen atoms in total. The molecule has 1 unspecified atom stereocenters. The van der Waals surface area contributed by atoms with Crippen molar-refractivity contribution < 1.29 is 15.0 Å². The predicted molar refractivity (Wildman–Crippen MR) is 100 cm³/mol. The summed E-state index contributed by atoms with van der Waals surface area (Å²) < 4.78 is 0. The van der Waals surface area contributed by atoms with Gasteiger partial charge in [0.25, 0.3) is 0 Å². The van der Waals surface area contributed by atoms with E-state index in [1.165, 1.54) is 51.4 Å². The number of carbonyl (C=O) groups is 1. The molecule has 0 rings (SSSR count). The van der Waals surface area contributed by atoms with Crippen LogP contribution >= 0.6 is 0 Å². The third kappa shape index (κ3) is 16.0. The van der Waals surface area contributed by atoms with Gasteiger partial charge in [-0.3, -0.25) is 4.79 Å². The average Bonchev–Trinajstić information content (AvgIpc) is 2.53. The van der Waals surface area contributed by atoms with Gasteiger partial charge in [-0.2, -0.15) is 0 Å². The van der Waals surface area contributed by atoms with Gasteiger partial charge in [-0.15, -0.1) is 0 Å². The molecule has 1 amide bonds. The number of carbonyl (C=O) groups excluding carboxylic acids is 1. The first kappa shape index (κ1) is 23.1. The number of hydrogen-bond donors (Lipinski definition) is 3. The van der Waals surface area contributed by atoms with E-state index in [0.717, 1.165) is 25.7 Å². The van der Waals surface area contributed by atoms with E-state index in [2.05, 4.69) is 19.1 Å². The zero-order chi connectivity index (χ0) is 18.0. The molecule has 0 aliphatic heterocycles. The summed E-state index contributed by atoms with van der Waals surface area (Å²) in [5.41, 5.74) is 5.27. The third-order valence-corrected chi connectivity index (χ3v) is 4.46. The van der Waals surface area contributed by atoms with Crippen molar-refractivity contribution in [3.8, 4) is 0 Å². The highest BCUT2D eigenvalue weighted by Gasteiger charge is 2.17. The maximum Gasteiger partial charge on any atom is 0.220 e. The van der Waals surface area contributed by atoms with Crippen molar-refractivity contribution in [2.75, 3.05) is 0 Å². The van der Waals surface area contributed by atoms with Crippen LogP contribution in [0.2, 0.25) is 0 Å². The van der Waals surface area contributed by atoms with Gasteiger partial charge in [-0.25, -0.2) is 0 Å². The molecule has 0 saturated heterocycles. The summed E-state index contributed by atoms with van der Waals surface area (Å²) in [7, 11) is 0. The number of allylic oxidation sites excluding steroid dienone is 2. The number of aliphatic hydroxyl groups is 2. The Morgan fingerprint density at radius 3 is 1.88 bits per heavy atom. The number of amides is 1. The smallest absolute Gasteiger partial charge is 0.220 e. The summed E-state index contributed by atoms with van der Waals surface area (Å²) in [6, 6.07) is 0. The second-order valence-electron chi connectivity index (χ2n) is 6.84. The maximum atomic E-state index is 11.2. The van der Waals surface area contributed by atoms with E-state index in [9.17, 15) is 4.79 Å². The molecule has 0 aliphatic carbocycles. The number of primary amides is 1. The van der Waals surface area contributed by atoms with E-state index in [0.29, 0.717) is 6.42 Å². The molecule has 1 atom stereocenters. The minimum absolute atomic E-state index is 0.0521. The molecular formula is C20H39NO3. The minimum Gasteiger partial charge on any atom is -0.369 e. The molecule has 0 aromatic heterocycles. The lowest BCUT2D eigenvalue weighted by Crippen LogP contribution is -2.27. The fraction of sp³-hybridized carbons (Fsp3) is 0.850. The first-order valence-corrected chi connectivity index (χ1v) is 9.88. The number of hydrogen-bond acceptors (Lipinski definition) is 3. The summed E-state index contributed by atoms with van der Waals surface area (Å²) in [5, 5.41) is 17.9. The number of aliphatic hydroxyl groups excluding tert-OH is 1. The fourth-order valence-electron chi connectivity index (χ4n) is 2.92. The van der Waals surface area contributed by atoms with Crippen LogP contribution in [-0.2, 0) is 4.79 Å². The van der Waals surface area contributed by atoms with Crippen molar-refractivity contribution in [2.45, 2.75) is 103 Å². The van der Waals surface area contributed by atoms with Gasteiger partial charge >= 0.3 is 0 Å². The zero-order valence-corrected chi connectivity index (χ0v) is 15.6. The SMILES string of the molecule is CCCCCCCCC=CCCCCCCC(CC(O)O)C(N)=O. The molecular weight excluding hydrogens is 302 g/mol. The van der Waals surface area contributed by atoms with Gasteiger partial charge in [-0.1, -0.05) is 70.4 Å². The summed E-state index contributed by atoms with van der Waals surface area (Å²) in [5.74, 6) is -0.844. The van der Waals surface area contributed by atoms with Crippen molar-refractivity contribution in [2.24, 2.45) is 11.7 Å². The summed E-state index contributed by atoms with van der Waals surface area (Å²) >= 11 is 0. The normalized spacial score (nSPS) is 13.0. The third-order valence-electron chi connectivity index (χ3n) is 4.46. The quantitative estimate of drug-likeness (QED) is 0.208. The van der Waals surface area contributed by atoms with Crippen LogP contribution in [0.1, 0.15) is 96.8 Å². The highest BCUT2D eigenvalue weighted by Crippen LogP contribution is 2.16. The molecule has 0 fully saturated rings. The molecule has 142 valence electrons. The summed E-state index contributed by atoms with van der Waals surface area (Å²) in [4.78, 5) is 11.2. The van der Waals surface area contributed by atoms with Crippen molar-refractivity contribution >= 4 is 5.91 Å². The largest absolute Gasteiger partial charge is 0.369 e. The maximum absolute atomic E-state index is 11.2. The standard InChI is InChI=1S/C20H39NO3/c1-2-3-4-5-6-7-8-9-10-11-12-13-14-15-16-18(20(21)24)17-19(22)23/h9-10,18-19,22-23H,2-8,11-17H2,1H3,(H2,21,24). The molecule has 24 heavy (non-hydrogen) atoms. The lowest BCUT2D eigenvalue weighted by Gasteiger charge is -2.13. The molecule has 0 saturated carbocycles. The van der Waals surface area contributed by atoms with E-state index in [1.54, 1.807) is 0 Å². The molecule has 0 aliphatic rings. The molecule has 4 N–H and O–H groups in total. The van der Waals surface area contributed by atoms with Crippen LogP contribution in [0.3, 0.4) is 0 Å². The van der Waals surface area contributed by atoms with Gasteiger partial charge in [0.15, 0.2) is 6.29 Å². The highest BCUT2D eigenvalue weighted by atomic mass is 16.5. The van der Waals surface area contributed by atoms with E-state index in [4.69, 9.17) is 15.9 Å². The van der Waals surface area contributed by atoms with Gasteiger partial charge in [0.2, 0.25) is 5.91 Å². The van der Waals surface area contributed by atoms with Gasteiger partial charge in [0.05, 0.1) is 0 Å². The molecule has 0 aromatic carbocycles. The monoisotopic (exact) mass is 341 g/mol. The Morgan fingerprint density at radius 1 is 0.875 bits per heavy atom. The van der Waals surface area contributed by atoms with E-state index in [1.807, 2.05) is 0 Å². The molecule has 0 radical (unpaired) electrons. The minimum atomic E-state index is -1.45. The second-order valence-corrected chi connectivity index (χ2v) is 6.84. The van der Waals surface area contributed by atoms with Gasteiger partial charge in [0, 0.05) is 12.3 Å². The van der Waals surface area contributed by atoms with Crippen LogP contribution in [0.5, 0.6) is 0 Å². The fourth-order valence-corrected chi connectivity index (χ4v) is 2.92. The predicted octanol–water partition coefficient (Wildman–Crippen LogP) is 4.44. The molecule has 0 bridgehead atoms. The lowest BCUT2D eigenvalue weighted by molar-refractivity contribution is -0.126. The van der Waals surface area contributed by atoms with Crippen LogP contribution in [-0.4, -0.2) is 22.4 Å².